The van der Waals surface area contributed by atoms with Gasteiger partial charge in [0.25, 0.3) is 0 Å². The molecule has 0 spiro atoms. The number of benzene rings is 1. The third kappa shape index (κ3) is 5.83. The van der Waals surface area contributed by atoms with Crippen LogP contribution in [0.25, 0.3) is 0 Å². The van der Waals surface area contributed by atoms with Crippen LogP contribution in [-0.2, 0) is 21.3 Å². The van der Waals surface area contributed by atoms with Crippen LogP contribution in [0, 0.1) is 5.41 Å². The van der Waals surface area contributed by atoms with Crippen LogP contribution in [0.3, 0.4) is 0 Å². The van der Waals surface area contributed by atoms with Gasteiger partial charge in [0, 0.05) is 31.7 Å². The molecule has 1 aliphatic carbocycles. The van der Waals surface area contributed by atoms with Crippen LogP contribution in [0.4, 0.5) is 0 Å². The fourth-order valence-corrected chi connectivity index (χ4v) is 4.76. The van der Waals surface area contributed by atoms with Gasteiger partial charge >= 0.3 is 0 Å². The minimum absolute atomic E-state index is 0. The van der Waals surface area contributed by atoms with Gasteiger partial charge in [0.2, 0.25) is 10.0 Å². The number of sulfonamides is 1. The smallest absolute Gasteiger partial charge is 0.240 e. The molecular formula is C20H35IN4O3S. The Morgan fingerprint density at radius 3 is 2.31 bits per heavy atom. The molecule has 1 aromatic rings. The SMILES string of the molecule is CCOC1CC(NC(=NC)NCc2ccc(S(=O)(=O)NC)cc2)C1(CC)CC.I. The molecule has 0 radical (unpaired) electrons. The fraction of sp³-hybridized carbons (Fsp3) is 0.650. The Morgan fingerprint density at radius 1 is 1.21 bits per heavy atom. The molecule has 0 aliphatic heterocycles. The van der Waals surface area contributed by atoms with E-state index in [1.807, 2.05) is 6.92 Å². The van der Waals surface area contributed by atoms with E-state index in [9.17, 15) is 8.42 Å². The van der Waals surface area contributed by atoms with Gasteiger partial charge in [0.1, 0.15) is 0 Å². The standard InChI is InChI=1S/C20H34N4O3S.HI/c1-6-20(7-2)17(13-18(20)27-8-3)24-19(21-4)23-14-15-9-11-16(12-10-15)28(25,26)22-5;/h9-12,17-18,22H,6-8,13-14H2,1-5H3,(H2,21,23,24);1H. The summed E-state index contributed by atoms with van der Waals surface area (Å²) in [5.74, 6) is 0.748. The highest BCUT2D eigenvalue weighted by atomic mass is 127. The van der Waals surface area contributed by atoms with E-state index >= 15 is 0 Å². The first-order valence-electron chi connectivity index (χ1n) is 9.98. The molecule has 2 unspecified atom stereocenters. The summed E-state index contributed by atoms with van der Waals surface area (Å²) in [6.07, 6.45) is 3.39. The van der Waals surface area contributed by atoms with Crippen molar-refractivity contribution in [2.24, 2.45) is 10.4 Å². The number of ether oxygens (including phenoxy) is 1. The zero-order valence-corrected chi connectivity index (χ0v) is 21.1. The summed E-state index contributed by atoms with van der Waals surface area (Å²) in [6, 6.07) is 7.16. The summed E-state index contributed by atoms with van der Waals surface area (Å²) in [6.45, 7) is 7.79. The first kappa shape index (κ1) is 26.1. The summed E-state index contributed by atoms with van der Waals surface area (Å²) in [5, 5.41) is 6.88. The van der Waals surface area contributed by atoms with Gasteiger partial charge in [-0.2, -0.15) is 0 Å². The topological polar surface area (TPSA) is 91.8 Å². The molecule has 9 heteroatoms. The van der Waals surface area contributed by atoms with Crippen LogP contribution >= 0.6 is 24.0 Å². The highest BCUT2D eigenvalue weighted by molar-refractivity contribution is 14.0. The first-order valence-corrected chi connectivity index (χ1v) is 11.5. The third-order valence-corrected chi connectivity index (χ3v) is 7.40. The zero-order chi connectivity index (χ0) is 20.8. The molecule has 2 rings (SSSR count). The van der Waals surface area contributed by atoms with Gasteiger partial charge in [0.05, 0.1) is 11.0 Å². The Bertz CT molecular complexity index is 764. The van der Waals surface area contributed by atoms with Crippen molar-refractivity contribution < 1.29 is 13.2 Å². The average Bonchev–Trinajstić information content (AvgIpc) is 2.71. The normalized spacial score (nSPS) is 21.1. The number of rotatable bonds is 9. The number of hydrogen-bond acceptors (Lipinski definition) is 4. The highest BCUT2D eigenvalue weighted by Gasteiger charge is 2.53. The van der Waals surface area contributed by atoms with Crippen molar-refractivity contribution >= 4 is 40.0 Å². The molecule has 0 saturated heterocycles. The Hall–Kier alpha value is -0.910. The number of hydrogen-bond donors (Lipinski definition) is 3. The number of halogens is 1. The second kappa shape index (κ2) is 11.5. The number of aliphatic imine (C=N–C) groups is 1. The van der Waals surface area contributed by atoms with E-state index in [-0.39, 0.29) is 34.3 Å². The lowest BCUT2D eigenvalue weighted by Crippen LogP contribution is -2.65. The quantitative estimate of drug-likeness (QED) is 0.256. The molecule has 2 atom stereocenters. The predicted octanol–water partition coefficient (Wildman–Crippen LogP) is 2.86. The molecule has 1 saturated carbocycles. The van der Waals surface area contributed by atoms with Crippen LogP contribution in [0.1, 0.15) is 45.6 Å². The summed E-state index contributed by atoms with van der Waals surface area (Å²) in [5.41, 5.74) is 1.12. The largest absolute Gasteiger partial charge is 0.378 e. The van der Waals surface area contributed by atoms with Gasteiger partial charge in [-0.3, -0.25) is 4.99 Å². The minimum atomic E-state index is -3.41. The van der Waals surface area contributed by atoms with E-state index in [1.54, 1.807) is 31.3 Å². The molecule has 1 fully saturated rings. The fourth-order valence-electron chi connectivity index (χ4n) is 4.03. The van der Waals surface area contributed by atoms with Crippen molar-refractivity contribution in [1.82, 2.24) is 15.4 Å². The molecule has 166 valence electrons. The van der Waals surface area contributed by atoms with Gasteiger partial charge in [-0.05, 0) is 50.9 Å². The van der Waals surface area contributed by atoms with Crippen molar-refractivity contribution in [2.75, 3.05) is 20.7 Å². The lowest BCUT2D eigenvalue weighted by Gasteiger charge is -2.55. The van der Waals surface area contributed by atoms with Crippen molar-refractivity contribution in [1.29, 1.82) is 0 Å². The van der Waals surface area contributed by atoms with E-state index in [4.69, 9.17) is 4.74 Å². The molecule has 0 aromatic heterocycles. The van der Waals surface area contributed by atoms with Crippen molar-refractivity contribution in [2.45, 2.75) is 63.6 Å². The van der Waals surface area contributed by atoms with Gasteiger partial charge in [-0.1, -0.05) is 26.0 Å². The summed E-state index contributed by atoms with van der Waals surface area (Å²) >= 11 is 0. The maximum Gasteiger partial charge on any atom is 0.240 e. The first-order chi connectivity index (χ1) is 13.4. The van der Waals surface area contributed by atoms with Crippen molar-refractivity contribution in [3.05, 3.63) is 29.8 Å². The molecule has 0 amide bonds. The average molecular weight is 538 g/mol. The number of nitrogens with zero attached hydrogens (tertiary/aromatic N) is 1. The van der Waals surface area contributed by atoms with Gasteiger partial charge in [0.15, 0.2) is 5.96 Å². The van der Waals surface area contributed by atoms with Crippen LogP contribution in [-0.4, -0.2) is 47.2 Å². The summed E-state index contributed by atoms with van der Waals surface area (Å²) < 4.78 is 31.9. The summed E-state index contributed by atoms with van der Waals surface area (Å²) in [7, 11) is -0.243. The Kier molecular flexibility index (Phi) is 10.3. The lowest BCUT2D eigenvalue weighted by molar-refractivity contribution is -0.133. The predicted molar refractivity (Wildman–Crippen MR) is 128 cm³/mol. The zero-order valence-electron chi connectivity index (χ0n) is 18.0. The van der Waals surface area contributed by atoms with E-state index in [1.165, 1.54) is 7.05 Å². The van der Waals surface area contributed by atoms with Crippen molar-refractivity contribution in [3.63, 3.8) is 0 Å². The molecule has 1 aliphatic rings. The van der Waals surface area contributed by atoms with Crippen LogP contribution in [0.2, 0.25) is 0 Å². The molecule has 0 bridgehead atoms. The molecule has 0 heterocycles. The Labute approximate surface area is 192 Å². The molecule has 7 nitrogen and oxygen atoms in total. The molecule has 29 heavy (non-hydrogen) atoms. The van der Waals surface area contributed by atoms with Crippen LogP contribution < -0.4 is 15.4 Å². The number of nitrogens with one attached hydrogen (secondary N) is 3. The summed E-state index contributed by atoms with van der Waals surface area (Å²) in [4.78, 5) is 4.61. The monoisotopic (exact) mass is 538 g/mol. The minimum Gasteiger partial charge on any atom is -0.378 e. The van der Waals surface area contributed by atoms with E-state index < -0.39 is 10.0 Å². The Morgan fingerprint density at radius 2 is 1.83 bits per heavy atom. The third-order valence-electron chi connectivity index (χ3n) is 5.97. The van der Waals surface area contributed by atoms with E-state index in [0.717, 1.165) is 37.4 Å². The van der Waals surface area contributed by atoms with Gasteiger partial charge < -0.3 is 15.4 Å². The highest BCUT2D eigenvalue weighted by Crippen LogP contribution is 2.48. The van der Waals surface area contributed by atoms with Crippen LogP contribution in [0.5, 0.6) is 0 Å². The molecular weight excluding hydrogens is 503 g/mol. The van der Waals surface area contributed by atoms with E-state index in [0.29, 0.717) is 18.7 Å². The number of guanidine groups is 1. The molecule has 1 aromatic carbocycles. The second-order valence-corrected chi connectivity index (χ2v) is 8.98. The van der Waals surface area contributed by atoms with Gasteiger partial charge in [-0.25, -0.2) is 13.1 Å². The van der Waals surface area contributed by atoms with Crippen LogP contribution in [0.15, 0.2) is 34.2 Å². The van der Waals surface area contributed by atoms with Gasteiger partial charge in [-0.15, -0.1) is 24.0 Å². The maximum absolute atomic E-state index is 11.8. The molecule has 3 N–H and O–H groups in total. The van der Waals surface area contributed by atoms with E-state index in [2.05, 4.69) is 34.2 Å². The van der Waals surface area contributed by atoms with Crippen molar-refractivity contribution in [3.8, 4) is 0 Å². The Balaban J connectivity index is 0.00000420. The lowest BCUT2D eigenvalue weighted by atomic mass is 9.58. The maximum atomic E-state index is 11.8. The second-order valence-electron chi connectivity index (χ2n) is 7.09.